The molecule has 4 nitrogen and oxygen atoms in total. The summed E-state index contributed by atoms with van der Waals surface area (Å²) in [6, 6.07) is 4.32. The molecule has 0 spiro atoms. The van der Waals surface area contributed by atoms with Crippen LogP contribution in [0.5, 0.6) is 0 Å². The largest absolute Gasteiger partial charge is 0.465 e. The Kier molecular flexibility index (Phi) is 7.18. The van der Waals surface area contributed by atoms with Crippen LogP contribution in [0.25, 0.3) is 0 Å². The first-order valence-corrected chi connectivity index (χ1v) is 6.56. The van der Waals surface area contributed by atoms with E-state index in [2.05, 4.69) is 18.6 Å². The van der Waals surface area contributed by atoms with Gasteiger partial charge in [0, 0.05) is 6.61 Å². The van der Waals surface area contributed by atoms with E-state index in [4.69, 9.17) is 9.47 Å². The predicted molar refractivity (Wildman–Crippen MR) is 73.1 cm³/mol. The number of carbonyl (C=O) groups excluding carboxylic acids is 1. The van der Waals surface area contributed by atoms with E-state index in [1.54, 1.807) is 6.07 Å². The van der Waals surface area contributed by atoms with E-state index in [1.165, 1.54) is 19.2 Å². The quantitative estimate of drug-likeness (QED) is 0.544. The van der Waals surface area contributed by atoms with Gasteiger partial charge in [-0.3, -0.25) is 0 Å². The highest BCUT2D eigenvalue weighted by Crippen LogP contribution is 2.12. The molecule has 5 heteroatoms. The molecule has 0 aliphatic rings. The van der Waals surface area contributed by atoms with Crippen LogP contribution >= 0.6 is 0 Å². The molecule has 0 amide bonds. The Hall–Kier alpha value is -1.46. The molecule has 0 unspecified atom stereocenters. The van der Waals surface area contributed by atoms with Gasteiger partial charge in [0.2, 0.25) is 0 Å². The fourth-order valence-electron chi connectivity index (χ4n) is 1.55. The van der Waals surface area contributed by atoms with Gasteiger partial charge >= 0.3 is 5.97 Å². The summed E-state index contributed by atoms with van der Waals surface area (Å²) in [7, 11) is 1.22. The molecule has 1 aromatic rings. The Morgan fingerprint density at radius 2 is 1.95 bits per heavy atom. The van der Waals surface area contributed by atoms with Crippen LogP contribution in [0.15, 0.2) is 18.2 Å². The van der Waals surface area contributed by atoms with Gasteiger partial charge in [0.05, 0.1) is 32.5 Å². The van der Waals surface area contributed by atoms with Crippen LogP contribution in [0, 0.1) is 11.7 Å². The lowest BCUT2D eigenvalue weighted by atomic mass is 10.1. The van der Waals surface area contributed by atoms with Crippen LogP contribution in [-0.2, 0) is 20.8 Å². The Labute approximate surface area is 118 Å². The molecule has 20 heavy (non-hydrogen) atoms. The highest BCUT2D eigenvalue weighted by molar-refractivity contribution is 5.89. The fourth-order valence-corrected chi connectivity index (χ4v) is 1.55. The van der Waals surface area contributed by atoms with Gasteiger partial charge in [0.25, 0.3) is 0 Å². The van der Waals surface area contributed by atoms with Crippen molar-refractivity contribution in [3.63, 3.8) is 0 Å². The van der Waals surface area contributed by atoms with Gasteiger partial charge in [-0.2, -0.15) is 0 Å². The van der Waals surface area contributed by atoms with Crippen molar-refractivity contribution in [2.45, 2.75) is 20.5 Å². The minimum absolute atomic E-state index is 0.0727. The van der Waals surface area contributed by atoms with Crippen molar-refractivity contribution in [3.8, 4) is 0 Å². The van der Waals surface area contributed by atoms with E-state index in [0.29, 0.717) is 31.3 Å². The van der Waals surface area contributed by atoms with Crippen LogP contribution < -0.4 is 0 Å². The second-order valence-electron chi connectivity index (χ2n) is 4.83. The number of methoxy groups -OCH3 is 1. The lowest BCUT2D eigenvalue weighted by Gasteiger charge is -2.08. The lowest BCUT2D eigenvalue weighted by Crippen LogP contribution is -2.09. The topological polar surface area (TPSA) is 44.8 Å². The standard InChI is InChI=1S/C15H21FO4/c1-11(2)9-19-6-7-20-10-12-4-5-13(14(16)8-12)15(17)18-3/h4-5,8,11H,6-7,9-10H2,1-3H3. The fraction of sp³-hybridized carbons (Fsp3) is 0.533. The molecule has 0 aromatic heterocycles. The van der Waals surface area contributed by atoms with E-state index < -0.39 is 11.8 Å². The van der Waals surface area contributed by atoms with Gasteiger partial charge in [-0.1, -0.05) is 19.9 Å². The Balaban J connectivity index is 2.35. The van der Waals surface area contributed by atoms with Gasteiger partial charge in [0.1, 0.15) is 5.82 Å². The lowest BCUT2D eigenvalue weighted by molar-refractivity contribution is 0.0314. The van der Waals surface area contributed by atoms with Crippen molar-refractivity contribution in [1.29, 1.82) is 0 Å². The maximum atomic E-state index is 13.6. The third kappa shape index (κ3) is 5.67. The number of hydrogen-bond donors (Lipinski definition) is 0. The third-order valence-corrected chi connectivity index (χ3v) is 2.53. The Bertz CT molecular complexity index is 432. The van der Waals surface area contributed by atoms with Crippen molar-refractivity contribution >= 4 is 5.97 Å². The minimum atomic E-state index is -0.683. The molecule has 0 aliphatic heterocycles. The normalized spacial score (nSPS) is 10.8. The maximum Gasteiger partial charge on any atom is 0.340 e. The van der Waals surface area contributed by atoms with Gasteiger partial charge in [-0.05, 0) is 23.6 Å². The molecule has 0 N–H and O–H groups in total. The van der Waals surface area contributed by atoms with Gasteiger partial charge < -0.3 is 14.2 Å². The molecular formula is C15H21FO4. The van der Waals surface area contributed by atoms with Crippen molar-refractivity contribution in [2.75, 3.05) is 26.9 Å². The van der Waals surface area contributed by atoms with Crippen LogP contribution in [0.1, 0.15) is 29.8 Å². The number of carbonyl (C=O) groups is 1. The summed E-state index contributed by atoms with van der Waals surface area (Å²) in [4.78, 5) is 11.2. The molecule has 0 saturated carbocycles. The molecule has 1 rings (SSSR count). The number of halogens is 1. The predicted octanol–water partition coefficient (Wildman–Crippen LogP) is 2.80. The van der Waals surface area contributed by atoms with E-state index in [0.717, 1.165) is 0 Å². The summed E-state index contributed by atoms with van der Waals surface area (Å²) in [5.41, 5.74) is 0.593. The highest BCUT2D eigenvalue weighted by Gasteiger charge is 2.12. The second-order valence-corrected chi connectivity index (χ2v) is 4.83. The zero-order chi connectivity index (χ0) is 15.0. The van der Waals surface area contributed by atoms with Crippen molar-refractivity contribution in [2.24, 2.45) is 5.92 Å². The summed E-state index contributed by atoms with van der Waals surface area (Å²) in [5.74, 6) is -0.791. The summed E-state index contributed by atoms with van der Waals surface area (Å²) < 4.78 is 28.8. The van der Waals surface area contributed by atoms with Gasteiger partial charge in [-0.25, -0.2) is 9.18 Å². The van der Waals surface area contributed by atoms with Crippen molar-refractivity contribution in [3.05, 3.63) is 35.1 Å². The molecule has 0 radical (unpaired) electrons. The SMILES string of the molecule is COC(=O)c1ccc(COCCOCC(C)C)cc1F. The molecule has 0 atom stereocenters. The summed E-state index contributed by atoms with van der Waals surface area (Å²) in [6.45, 7) is 6.10. The number of benzene rings is 1. The minimum Gasteiger partial charge on any atom is -0.465 e. The molecule has 1 aromatic carbocycles. The van der Waals surface area contributed by atoms with Crippen LogP contribution in [0.3, 0.4) is 0 Å². The maximum absolute atomic E-state index is 13.6. The summed E-state index contributed by atoms with van der Waals surface area (Å²) in [5, 5.41) is 0. The first-order chi connectivity index (χ1) is 9.54. The van der Waals surface area contributed by atoms with Crippen molar-refractivity contribution in [1.82, 2.24) is 0 Å². The number of rotatable bonds is 8. The smallest absolute Gasteiger partial charge is 0.340 e. The second kappa shape index (κ2) is 8.66. The van der Waals surface area contributed by atoms with E-state index in [1.807, 2.05) is 0 Å². The number of hydrogen-bond acceptors (Lipinski definition) is 4. The van der Waals surface area contributed by atoms with Crippen molar-refractivity contribution < 1.29 is 23.4 Å². The number of ether oxygens (including phenoxy) is 3. The molecule has 112 valence electrons. The average molecular weight is 284 g/mol. The first-order valence-electron chi connectivity index (χ1n) is 6.56. The molecular weight excluding hydrogens is 263 g/mol. The Morgan fingerprint density at radius 1 is 1.25 bits per heavy atom. The van der Waals surface area contributed by atoms with Gasteiger partial charge in [0.15, 0.2) is 0 Å². The number of esters is 1. The molecule has 0 bridgehead atoms. The first kappa shape index (κ1) is 16.6. The van der Waals surface area contributed by atoms with Crippen LogP contribution in [0.2, 0.25) is 0 Å². The van der Waals surface area contributed by atoms with Gasteiger partial charge in [-0.15, -0.1) is 0 Å². The summed E-state index contributed by atoms with van der Waals surface area (Å²) >= 11 is 0. The van der Waals surface area contributed by atoms with Crippen LogP contribution in [-0.4, -0.2) is 32.9 Å². The third-order valence-electron chi connectivity index (χ3n) is 2.53. The van der Waals surface area contributed by atoms with Crippen LogP contribution in [0.4, 0.5) is 4.39 Å². The van der Waals surface area contributed by atoms with E-state index in [-0.39, 0.29) is 12.2 Å². The average Bonchev–Trinajstić information content (AvgIpc) is 2.41. The zero-order valence-electron chi connectivity index (χ0n) is 12.1. The molecule has 0 fully saturated rings. The van der Waals surface area contributed by atoms with E-state index in [9.17, 15) is 9.18 Å². The molecule has 0 heterocycles. The highest BCUT2D eigenvalue weighted by atomic mass is 19.1. The molecule has 0 aliphatic carbocycles. The van der Waals surface area contributed by atoms with E-state index >= 15 is 0 Å². The summed E-state index contributed by atoms with van der Waals surface area (Å²) in [6.07, 6.45) is 0. The zero-order valence-corrected chi connectivity index (χ0v) is 12.1. The Morgan fingerprint density at radius 3 is 2.55 bits per heavy atom. The molecule has 0 saturated heterocycles. The monoisotopic (exact) mass is 284 g/mol.